The molecule has 1 saturated heterocycles. The first-order chi connectivity index (χ1) is 7.81. The average Bonchev–Trinajstić information content (AvgIpc) is 2.58. The number of hydrogen-bond donors (Lipinski definition) is 0. The highest BCUT2D eigenvalue weighted by atomic mass is 33.1. The highest BCUT2D eigenvalue weighted by Gasteiger charge is 2.29. The van der Waals surface area contributed by atoms with Crippen LogP contribution in [0.4, 0.5) is 0 Å². The zero-order chi connectivity index (χ0) is 12.9. The maximum atomic E-state index is 11.7. The molecular weight excluding hydrogens is 248 g/mol. The molecule has 0 aromatic rings. The number of hydrogen-bond acceptors (Lipinski definition) is 3. The third kappa shape index (κ3) is 6.76. The molecule has 1 rings (SSSR count). The quantitative estimate of drug-likeness (QED) is 0.496. The second kappa shape index (κ2) is 6.51. The van der Waals surface area contributed by atoms with Crippen LogP contribution in [0, 0.1) is 5.41 Å². The summed E-state index contributed by atoms with van der Waals surface area (Å²) in [5.41, 5.74) is 0.154. The molecule has 1 aliphatic heterocycles. The van der Waals surface area contributed by atoms with Gasteiger partial charge in [-0.15, -0.1) is 0 Å². The fourth-order valence-electron chi connectivity index (χ4n) is 2.15. The standard InChI is InChI=1S/C14H26OS2/c1-13(2,3)11-12(15)7-5-6-8-14(4)9-10-16-17-14/h5-11H2,1-4H3/t14-/m1/s1. The number of rotatable bonds is 6. The van der Waals surface area contributed by atoms with Crippen LogP contribution < -0.4 is 0 Å². The first kappa shape index (κ1) is 15.4. The average molecular weight is 274 g/mol. The summed E-state index contributed by atoms with van der Waals surface area (Å²) in [6.07, 6.45) is 6.40. The maximum absolute atomic E-state index is 11.7. The smallest absolute Gasteiger partial charge is 0.133 e. The Morgan fingerprint density at radius 2 is 2.00 bits per heavy atom. The Morgan fingerprint density at radius 1 is 1.29 bits per heavy atom. The van der Waals surface area contributed by atoms with Crippen molar-refractivity contribution in [2.75, 3.05) is 5.75 Å². The lowest BCUT2D eigenvalue weighted by atomic mass is 9.88. The second-order valence-corrected chi connectivity index (χ2v) is 9.59. The van der Waals surface area contributed by atoms with Crippen LogP contribution in [0.1, 0.15) is 66.2 Å². The number of carbonyl (C=O) groups excluding carboxylic acids is 1. The van der Waals surface area contributed by atoms with Crippen molar-refractivity contribution in [1.82, 2.24) is 0 Å². The van der Waals surface area contributed by atoms with Gasteiger partial charge < -0.3 is 0 Å². The van der Waals surface area contributed by atoms with Crippen LogP contribution in [0.25, 0.3) is 0 Å². The van der Waals surface area contributed by atoms with Gasteiger partial charge in [0, 0.05) is 23.3 Å². The third-order valence-corrected chi connectivity index (χ3v) is 6.47. The molecule has 1 nitrogen and oxygen atoms in total. The summed E-state index contributed by atoms with van der Waals surface area (Å²) in [7, 11) is 4.05. The second-order valence-electron chi connectivity index (χ2n) is 6.59. The summed E-state index contributed by atoms with van der Waals surface area (Å²) >= 11 is 0. The SMILES string of the molecule is CC(C)(C)CC(=O)CCCC[C@]1(C)CCSS1. The number of Topliss-reactive ketones (excluding diaryl/α,β-unsaturated/α-hetero) is 1. The lowest BCUT2D eigenvalue weighted by Crippen LogP contribution is -2.16. The number of ketones is 1. The molecule has 0 saturated carbocycles. The van der Waals surface area contributed by atoms with Crippen molar-refractivity contribution in [3.05, 3.63) is 0 Å². The highest BCUT2D eigenvalue weighted by molar-refractivity contribution is 8.77. The van der Waals surface area contributed by atoms with E-state index in [9.17, 15) is 4.79 Å². The molecule has 100 valence electrons. The van der Waals surface area contributed by atoms with Gasteiger partial charge in [-0.3, -0.25) is 4.79 Å². The van der Waals surface area contributed by atoms with Gasteiger partial charge in [0.25, 0.3) is 0 Å². The fourth-order valence-corrected chi connectivity index (χ4v) is 5.45. The van der Waals surface area contributed by atoms with E-state index in [0.29, 0.717) is 10.5 Å². The molecule has 0 amide bonds. The Kier molecular flexibility index (Phi) is 5.91. The van der Waals surface area contributed by atoms with Crippen LogP contribution in [-0.2, 0) is 4.79 Å². The van der Waals surface area contributed by atoms with E-state index in [1.807, 2.05) is 21.6 Å². The van der Waals surface area contributed by atoms with E-state index in [1.54, 1.807) is 0 Å². The Morgan fingerprint density at radius 3 is 2.53 bits per heavy atom. The van der Waals surface area contributed by atoms with Gasteiger partial charge in [-0.25, -0.2) is 0 Å². The van der Waals surface area contributed by atoms with Gasteiger partial charge in [0.05, 0.1) is 0 Å². The van der Waals surface area contributed by atoms with E-state index in [-0.39, 0.29) is 5.41 Å². The summed E-state index contributed by atoms with van der Waals surface area (Å²) in [5, 5.41) is 0. The summed E-state index contributed by atoms with van der Waals surface area (Å²) in [6, 6.07) is 0. The van der Waals surface area contributed by atoms with Crippen LogP contribution in [0.5, 0.6) is 0 Å². The van der Waals surface area contributed by atoms with Crippen molar-refractivity contribution in [2.24, 2.45) is 5.41 Å². The molecule has 0 radical (unpaired) electrons. The zero-order valence-corrected chi connectivity index (χ0v) is 13.3. The molecule has 0 N–H and O–H groups in total. The van der Waals surface area contributed by atoms with Crippen LogP contribution in [-0.4, -0.2) is 16.3 Å². The third-order valence-electron chi connectivity index (χ3n) is 3.11. The van der Waals surface area contributed by atoms with Crippen molar-refractivity contribution >= 4 is 27.4 Å². The van der Waals surface area contributed by atoms with E-state index in [1.165, 1.54) is 25.0 Å². The lowest BCUT2D eigenvalue weighted by Gasteiger charge is -2.21. The summed E-state index contributed by atoms with van der Waals surface area (Å²) < 4.78 is 0.484. The minimum Gasteiger partial charge on any atom is -0.300 e. The van der Waals surface area contributed by atoms with Crippen LogP contribution in [0.3, 0.4) is 0 Å². The summed E-state index contributed by atoms with van der Waals surface area (Å²) in [4.78, 5) is 11.7. The summed E-state index contributed by atoms with van der Waals surface area (Å²) in [5.74, 6) is 1.74. The van der Waals surface area contributed by atoms with Gasteiger partial charge in [-0.05, 0) is 31.6 Å². The first-order valence-electron chi connectivity index (χ1n) is 6.63. The molecule has 1 heterocycles. The molecule has 0 aromatic heterocycles. The predicted octanol–water partition coefficient (Wildman–Crippen LogP) is 5.10. The molecule has 0 bridgehead atoms. The zero-order valence-electron chi connectivity index (χ0n) is 11.7. The normalized spacial score (nSPS) is 25.2. The van der Waals surface area contributed by atoms with Crippen molar-refractivity contribution in [2.45, 2.75) is 71.0 Å². The van der Waals surface area contributed by atoms with Gasteiger partial charge in [0.15, 0.2) is 0 Å². The van der Waals surface area contributed by atoms with Crippen molar-refractivity contribution < 1.29 is 4.79 Å². The van der Waals surface area contributed by atoms with Gasteiger partial charge in [0.2, 0.25) is 0 Å². The molecule has 1 aliphatic rings. The van der Waals surface area contributed by atoms with Crippen LogP contribution in [0.15, 0.2) is 0 Å². The maximum Gasteiger partial charge on any atom is 0.133 e. The van der Waals surface area contributed by atoms with Crippen molar-refractivity contribution in [1.29, 1.82) is 0 Å². The van der Waals surface area contributed by atoms with E-state index < -0.39 is 0 Å². The van der Waals surface area contributed by atoms with E-state index in [4.69, 9.17) is 0 Å². The number of unbranched alkanes of at least 4 members (excludes halogenated alkanes) is 1. The highest BCUT2D eigenvalue weighted by Crippen LogP contribution is 2.49. The van der Waals surface area contributed by atoms with Gasteiger partial charge >= 0.3 is 0 Å². The Bertz CT molecular complexity index is 249. The topological polar surface area (TPSA) is 17.1 Å². The van der Waals surface area contributed by atoms with Crippen LogP contribution in [0.2, 0.25) is 0 Å². The first-order valence-corrected chi connectivity index (χ1v) is 8.95. The molecular formula is C14H26OS2. The fraction of sp³-hybridized carbons (Fsp3) is 0.929. The van der Waals surface area contributed by atoms with Gasteiger partial charge in [0.1, 0.15) is 5.78 Å². The molecule has 0 aromatic carbocycles. The lowest BCUT2D eigenvalue weighted by molar-refractivity contribution is -0.120. The van der Waals surface area contributed by atoms with E-state index >= 15 is 0 Å². The predicted molar refractivity (Wildman–Crippen MR) is 80.6 cm³/mol. The largest absolute Gasteiger partial charge is 0.300 e. The monoisotopic (exact) mass is 274 g/mol. The Balaban J connectivity index is 2.10. The van der Waals surface area contributed by atoms with Crippen molar-refractivity contribution in [3.63, 3.8) is 0 Å². The van der Waals surface area contributed by atoms with Crippen molar-refractivity contribution in [3.8, 4) is 0 Å². The Hall–Kier alpha value is 0.370. The van der Waals surface area contributed by atoms with Gasteiger partial charge in [-0.1, -0.05) is 48.8 Å². The molecule has 0 spiro atoms. The number of carbonyl (C=O) groups is 1. The minimum absolute atomic E-state index is 0.154. The molecule has 1 fully saturated rings. The summed E-state index contributed by atoms with van der Waals surface area (Å²) in [6.45, 7) is 8.78. The molecule has 17 heavy (non-hydrogen) atoms. The molecule has 0 unspecified atom stereocenters. The van der Waals surface area contributed by atoms with E-state index in [0.717, 1.165) is 19.3 Å². The minimum atomic E-state index is 0.154. The van der Waals surface area contributed by atoms with E-state index in [2.05, 4.69) is 27.7 Å². The molecule has 0 aliphatic carbocycles. The van der Waals surface area contributed by atoms with Gasteiger partial charge in [-0.2, -0.15) is 0 Å². The molecule has 3 heteroatoms. The Labute approximate surface area is 114 Å². The molecule has 1 atom stereocenters. The van der Waals surface area contributed by atoms with Crippen LogP contribution >= 0.6 is 21.6 Å².